The van der Waals surface area contributed by atoms with Gasteiger partial charge in [0.15, 0.2) is 0 Å². The Balaban J connectivity index is 2.06. The number of halogens is 5. The molecule has 2 heterocycles. The third kappa shape index (κ3) is 4.38. The maximum atomic E-state index is 13.5. The molecule has 0 aliphatic carbocycles. The Labute approximate surface area is 184 Å². The lowest BCUT2D eigenvalue weighted by atomic mass is 10.0. The number of hydrogen-bond donors (Lipinski definition) is 1. The standard InChI is InChI=1S/C20H17ClF4N4O3/c1-9-5-10(20(23,24)25)6-16(27-9)29-15(8-12(17(26)30)18(29)31)19(32)28(2)11-3-4-14(22)13(21)7-11/h3-7,12,15H,8H2,1-2H3,(H2,26,30)/t12-,15+/m1/s1. The molecule has 1 fully saturated rings. The molecule has 0 bridgehead atoms. The highest BCUT2D eigenvalue weighted by Gasteiger charge is 2.48. The van der Waals surface area contributed by atoms with Crippen molar-refractivity contribution in [1.82, 2.24) is 4.98 Å². The Bertz CT molecular complexity index is 1110. The number of amides is 3. The van der Waals surface area contributed by atoms with E-state index in [1.54, 1.807) is 0 Å². The van der Waals surface area contributed by atoms with Gasteiger partial charge in [0.25, 0.3) is 0 Å². The van der Waals surface area contributed by atoms with E-state index in [1.807, 2.05) is 0 Å². The number of benzene rings is 1. The van der Waals surface area contributed by atoms with Gasteiger partial charge < -0.3 is 10.6 Å². The van der Waals surface area contributed by atoms with Gasteiger partial charge in [-0.25, -0.2) is 9.37 Å². The fourth-order valence-electron chi connectivity index (χ4n) is 3.46. The number of carbonyl (C=O) groups is 3. The second-order valence-electron chi connectivity index (χ2n) is 7.26. The van der Waals surface area contributed by atoms with Gasteiger partial charge in [-0.1, -0.05) is 11.6 Å². The average Bonchev–Trinajstić information content (AvgIpc) is 3.05. The molecule has 3 rings (SSSR count). The number of rotatable bonds is 4. The first-order valence-corrected chi connectivity index (χ1v) is 9.60. The molecular weight excluding hydrogens is 456 g/mol. The minimum absolute atomic E-state index is 0.0463. The largest absolute Gasteiger partial charge is 0.416 e. The summed E-state index contributed by atoms with van der Waals surface area (Å²) in [5, 5.41) is -0.258. The van der Waals surface area contributed by atoms with Crippen LogP contribution in [0.1, 0.15) is 17.7 Å². The first-order valence-electron chi connectivity index (χ1n) is 9.22. The number of carbonyl (C=O) groups excluding carboxylic acids is 3. The molecule has 7 nitrogen and oxygen atoms in total. The van der Waals surface area contributed by atoms with Crippen molar-refractivity contribution in [2.75, 3.05) is 16.8 Å². The molecule has 1 aliphatic heterocycles. The molecule has 1 aromatic heterocycles. The summed E-state index contributed by atoms with van der Waals surface area (Å²) in [6, 6.07) is 3.52. The zero-order valence-electron chi connectivity index (χ0n) is 16.8. The van der Waals surface area contributed by atoms with Crippen molar-refractivity contribution in [3.05, 3.63) is 52.4 Å². The van der Waals surface area contributed by atoms with Gasteiger partial charge in [0, 0.05) is 18.4 Å². The van der Waals surface area contributed by atoms with Crippen LogP contribution >= 0.6 is 11.6 Å². The van der Waals surface area contributed by atoms with E-state index in [2.05, 4.69) is 4.98 Å². The molecule has 1 aromatic carbocycles. The molecule has 170 valence electrons. The molecular formula is C20H17ClF4N4O3. The number of alkyl halides is 3. The topological polar surface area (TPSA) is 96.6 Å². The quantitative estimate of drug-likeness (QED) is 0.546. The van der Waals surface area contributed by atoms with Gasteiger partial charge in [-0.15, -0.1) is 0 Å². The second-order valence-corrected chi connectivity index (χ2v) is 7.67. The number of aryl methyl sites for hydroxylation is 1. The van der Waals surface area contributed by atoms with E-state index >= 15 is 0 Å². The van der Waals surface area contributed by atoms with E-state index in [9.17, 15) is 31.9 Å². The number of anilines is 2. The van der Waals surface area contributed by atoms with Crippen LogP contribution in [0.2, 0.25) is 5.02 Å². The van der Waals surface area contributed by atoms with Crippen LogP contribution in [0.15, 0.2) is 30.3 Å². The lowest BCUT2D eigenvalue weighted by Gasteiger charge is -2.28. The van der Waals surface area contributed by atoms with E-state index in [4.69, 9.17) is 17.3 Å². The first kappa shape index (κ1) is 23.5. The van der Waals surface area contributed by atoms with Crippen LogP contribution in [0.3, 0.4) is 0 Å². The van der Waals surface area contributed by atoms with Crippen LogP contribution in [0.25, 0.3) is 0 Å². The number of pyridine rings is 1. The Hall–Kier alpha value is -3.21. The number of likely N-dealkylation sites (N-methyl/N-ethyl adjacent to an activating group) is 1. The lowest BCUT2D eigenvalue weighted by molar-refractivity contribution is -0.138. The normalized spacial score (nSPS) is 18.7. The highest BCUT2D eigenvalue weighted by Crippen LogP contribution is 2.36. The first-order chi connectivity index (χ1) is 14.8. The van der Waals surface area contributed by atoms with E-state index in [-0.39, 0.29) is 22.8 Å². The lowest BCUT2D eigenvalue weighted by Crippen LogP contribution is -2.46. The Morgan fingerprint density at radius 2 is 1.91 bits per heavy atom. The summed E-state index contributed by atoms with van der Waals surface area (Å²) in [5.41, 5.74) is 4.33. The Morgan fingerprint density at radius 3 is 2.47 bits per heavy atom. The highest BCUT2D eigenvalue weighted by molar-refractivity contribution is 6.31. The van der Waals surface area contributed by atoms with Gasteiger partial charge in [0.05, 0.1) is 10.6 Å². The van der Waals surface area contributed by atoms with Gasteiger partial charge in [-0.2, -0.15) is 13.2 Å². The molecule has 2 N–H and O–H groups in total. The van der Waals surface area contributed by atoms with Gasteiger partial charge in [0.2, 0.25) is 17.7 Å². The maximum Gasteiger partial charge on any atom is 0.416 e. The van der Waals surface area contributed by atoms with E-state index in [0.29, 0.717) is 6.07 Å². The monoisotopic (exact) mass is 472 g/mol. The van der Waals surface area contributed by atoms with Crippen molar-refractivity contribution < 1.29 is 31.9 Å². The van der Waals surface area contributed by atoms with Crippen molar-refractivity contribution >= 4 is 40.8 Å². The molecule has 2 atom stereocenters. The summed E-state index contributed by atoms with van der Waals surface area (Å²) in [5.74, 6) is -5.28. The van der Waals surface area contributed by atoms with Crippen LogP contribution in [0.5, 0.6) is 0 Å². The molecule has 0 saturated carbocycles. The molecule has 32 heavy (non-hydrogen) atoms. The minimum atomic E-state index is -4.73. The predicted octanol–water partition coefficient (Wildman–Crippen LogP) is 3.07. The molecule has 12 heteroatoms. The molecule has 3 amide bonds. The number of nitrogens with zero attached hydrogens (tertiary/aromatic N) is 3. The summed E-state index contributed by atoms with van der Waals surface area (Å²) in [6.45, 7) is 1.30. The molecule has 2 aromatic rings. The Kier molecular flexibility index (Phi) is 6.14. The summed E-state index contributed by atoms with van der Waals surface area (Å²) in [7, 11) is 1.32. The summed E-state index contributed by atoms with van der Waals surface area (Å²) >= 11 is 5.76. The fraction of sp³-hybridized carbons (Fsp3) is 0.300. The summed E-state index contributed by atoms with van der Waals surface area (Å²) in [6.07, 6.45) is -5.08. The molecule has 1 aliphatic rings. The van der Waals surface area contributed by atoms with Gasteiger partial charge in [0.1, 0.15) is 23.6 Å². The maximum absolute atomic E-state index is 13.5. The van der Waals surface area contributed by atoms with Crippen LogP contribution in [0.4, 0.5) is 29.1 Å². The van der Waals surface area contributed by atoms with Crippen molar-refractivity contribution in [1.29, 1.82) is 0 Å². The van der Waals surface area contributed by atoms with Gasteiger partial charge in [-0.3, -0.25) is 19.3 Å². The van der Waals surface area contributed by atoms with E-state index < -0.39 is 53.1 Å². The summed E-state index contributed by atoms with van der Waals surface area (Å²) < 4.78 is 53.3. The molecule has 0 spiro atoms. The smallest absolute Gasteiger partial charge is 0.369 e. The van der Waals surface area contributed by atoms with Crippen molar-refractivity contribution in [3.8, 4) is 0 Å². The number of primary amides is 1. The van der Waals surface area contributed by atoms with Crippen LogP contribution < -0.4 is 15.5 Å². The third-order valence-electron chi connectivity index (χ3n) is 5.07. The second kappa shape index (κ2) is 8.38. The summed E-state index contributed by atoms with van der Waals surface area (Å²) in [4.78, 5) is 43.6. The van der Waals surface area contributed by atoms with Crippen LogP contribution in [-0.4, -0.2) is 35.8 Å². The van der Waals surface area contributed by atoms with Gasteiger partial charge in [-0.05, 0) is 43.7 Å². The molecule has 0 radical (unpaired) electrons. The molecule has 1 saturated heterocycles. The number of aromatic nitrogens is 1. The van der Waals surface area contributed by atoms with E-state index in [1.165, 1.54) is 26.1 Å². The minimum Gasteiger partial charge on any atom is -0.369 e. The van der Waals surface area contributed by atoms with Crippen molar-refractivity contribution in [2.24, 2.45) is 11.7 Å². The van der Waals surface area contributed by atoms with E-state index in [0.717, 1.165) is 21.9 Å². The average molecular weight is 473 g/mol. The van der Waals surface area contributed by atoms with Crippen molar-refractivity contribution in [2.45, 2.75) is 25.6 Å². The number of nitrogens with two attached hydrogens (primary N) is 1. The SMILES string of the molecule is Cc1cc(C(F)(F)F)cc(N2C(=O)[C@@H](C(N)=O)C[C@H]2C(=O)N(C)c2ccc(F)c(Cl)c2)n1. The highest BCUT2D eigenvalue weighted by atomic mass is 35.5. The molecule has 0 unspecified atom stereocenters. The van der Waals surface area contributed by atoms with Crippen LogP contribution in [0, 0.1) is 18.7 Å². The third-order valence-corrected chi connectivity index (χ3v) is 5.36. The fourth-order valence-corrected chi connectivity index (χ4v) is 3.63. The van der Waals surface area contributed by atoms with Gasteiger partial charge >= 0.3 is 6.18 Å². The number of hydrogen-bond acceptors (Lipinski definition) is 4. The zero-order chi connectivity index (χ0) is 24.0. The predicted molar refractivity (Wildman–Crippen MR) is 107 cm³/mol. The Morgan fingerprint density at radius 1 is 1.25 bits per heavy atom. The van der Waals surface area contributed by atoms with Crippen LogP contribution in [-0.2, 0) is 20.6 Å². The van der Waals surface area contributed by atoms with Crippen molar-refractivity contribution in [3.63, 3.8) is 0 Å². The zero-order valence-corrected chi connectivity index (χ0v) is 17.5.